The molecule has 0 aromatic heterocycles. The van der Waals surface area contributed by atoms with E-state index in [0.29, 0.717) is 17.9 Å². The number of fused-ring (bicyclic) bond motifs is 1. The molecule has 25 heavy (non-hydrogen) atoms. The quantitative estimate of drug-likeness (QED) is 0.361. The van der Waals surface area contributed by atoms with E-state index >= 15 is 0 Å². The Balaban J connectivity index is 1.93. The van der Waals surface area contributed by atoms with Crippen LogP contribution in [0.2, 0.25) is 0 Å². The minimum Gasteiger partial charge on any atom is -0.466 e. The van der Waals surface area contributed by atoms with E-state index in [-0.39, 0.29) is 22.8 Å². The Kier molecular flexibility index (Phi) is 5.33. The Labute approximate surface area is 146 Å². The van der Waals surface area contributed by atoms with E-state index in [1.807, 2.05) is 0 Å². The summed E-state index contributed by atoms with van der Waals surface area (Å²) in [6, 6.07) is 5.26. The molecular formula is C18H22N2O5. The molecule has 0 bridgehead atoms. The van der Waals surface area contributed by atoms with Crippen LogP contribution in [0.25, 0.3) is 6.08 Å². The van der Waals surface area contributed by atoms with Gasteiger partial charge in [-0.3, -0.25) is 10.1 Å². The summed E-state index contributed by atoms with van der Waals surface area (Å²) in [6.07, 6.45) is 6.87. The van der Waals surface area contributed by atoms with E-state index in [9.17, 15) is 14.9 Å². The number of ether oxygens (including phenoxy) is 2. The van der Waals surface area contributed by atoms with Crippen LogP contribution in [0.15, 0.2) is 24.3 Å². The van der Waals surface area contributed by atoms with Crippen molar-refractivity contribution in [2.75, 3.05) is 25.2 Å². The van der Waals surface area contributed by atoms with Crippen LogP contribution in [0.1, 0.15) is 31.2 Å². The molecule has 1 saturated carbocycles. The number of esters is 1. The number of carbonyl (C=O) groups is 1. The fourth-order valence-electron chi connectivity index (χ4n) is 3.66. The van der Waals surface area contributed by atoms with E-state index in [1.165, 1.54) is 25.3 Å². The molecule has 134 valence electrons. The molecule has 2 fully saturated rings. The fourth-order valence-corrected chi connectivity index (χ4v) is 3.66. The van der Waals surface area contributed by atoms with Crippen LogP contribution in [-0.2, 0) is 14.3 Å². The Morgan fingerprint density at radius 2 is 2.24 bits per heavy atom. The first-order valence-corrected chi connectivity index (χ1v) is 8.53. The summed E-state index contributed by atoms with van der Waals surface area (Å²) in [7, 11) is 1.29. The molecule has 1 saturated heterocycles. The molecule has 0 spiro atoms. The average molecular weight is 346 g/mol. The van der Waals surface area contributed by atoms with Gasteiger partial charge in [0.1, 0.15) is 5.69 Å². The highest BCUT2D eigenvalue weighted by atomic mass is 16.6. The molecule has 1 aliphatic carbocycles. The molecule has 2 atom stereocenters. The third kappa shape index (κ3) is 3.82. The zero-order valence-electron chi connectivity index (χ0n) is 14.2. The molecule has 0 amide bonds. The van der Waals surface area contributed by atoms with Crippen LogP contribution >= 0.6 is 0 Å². The summed E-state index contributed by atoms with van der Waals surface area (Å²) in [5, 5.41) is 11.6. The van der Waals surface area contributed by atoms with Crippen LogP contribution in [0.5, 0.6) is 0 Å². The van der Waals surface area contributed by atoms with Gasteiger partial charge in [-0.1, -0.05) is 6.07 Å². The number of benzene rings is 1. The standard InChI is InChI=1S/C18H22N2O5/c1-24-18(21)9-7-13-6-8-14(16(12-13)20(22)23)19-10-3-11-25-17-5-2-4-15(17)19/h6-9,12,15,17H,2-5,10-11H2,1H3. The molecular weight excluding hydrogens is 324 g/mol. The van der Waals surface area contributed by atoms with Gasteiger partial charge in [-0.15, -0.1) is 0 Å². The van der Waals surface area contributed by atoms with Crippen LogP contribution in [0, 0.1) is 10.1 Å². The summed E-state index contributed by atoms with van der Waals surface area (Å²) in [6.45, 7) is 1.45. The maximum absolute atomic E-state index is 11.6. The van der Waals surface area contributed by atoms with Gasteiger partial charge in [0.2, 0.25) is 0 Å². The number of nitro groups is 1. The average Bonchev–Trinajstić information content (AvgIpc) is 2.99. The van der Waals surface area contributed by atoms with Crippen LogP contribution in [0.4, 0.5) is 11.4 Å². The van der Waals surface area contributed by atoms with Gasteiger partial charge in [0.25, 0.3) is 5.69 Å². The lowest BCUT2D eigenvalue weighted by Crippen LogP contribution is -2.40. The summed E-state index contributed by atoms with van der Waals surface area (Å²) in [4.78, 5) is 24.6. The number of nitrogens with zero attached hydrogens (tertiary/aromatic N) is 2. The number of rotatable bonds is 4. The van der Waals surface area contributed by atoms with E-state index in [0.717, 1.165) is 32.2 Å². The monoisotopic (exact) mass is 346 g/mol. The smallest absolute Gasteiger partial charge is 0.330 e. The normalized spacial score (nSPS) is 23.3. The van der Waals surface area contributed by atoms with Gasteiger partial charge < -0.3 is 14.4 Å². The number of hydrogen-bond acceptors (Lipinski definition) is 6. The number of hydrogen-bond donors (Lipinski definition) is 0. The Morgan fingerprint density at radius 3 is 3.00 bits per heavy atom. The van der Waals surface area contributed by atoms with E-state index < -0.39 is 5.97 Å². The molecule has 1 aromatic rings. The van der Waals surface area contributed by atoms with E-state index in [2.05, 4.69) is 9.64 Å². The number of anilines is 1. The molecule has 1 heterocycles. The summed E-state index contributed by atoms with van der Waals surface area (Å²) in [5.41, 5.74) is 1.28. The summed E-state index contributed by atoms with van der Waals surface area (Å²) < 4.78 is 10.5. The van der Waals surface area contributed by atoms with Crippen molar-refractivity contribution in [1.82, 2.24) is 0 Å². The van der Waals surface area contributed by atoms with Crippen LogP contribution < -0.4 is 4.90 Å². The second kappa shape index (κ2) is 7.65. The van der Waals surface area contributed by atoms with Crippen molar-refractivity contribution in [1.29, 1.82) is 0 Å². The van der Waals surface area contributed by atoms with Crippen molar-refractivity contribution >= 4 is 23.4 Å². The predicted molar refractivity (Wildman–Crippen MR) is 93.5 cm³/mol. The third-order valence-corrected chi connectivity index (χ3v) is 4.81. The first-order chi connectivity index (χ1) is 12.1. The van der Waals surface area contributed by atoms with Gasteiger partial charge in [0.15, 0.2) is 0 Å². The van der Waals surface area contributed by atoms with Crippen molar-refractivity contribution in [2.45, 2.75) is 37.8 Å². The molecule has 1 aliphatic heterocycles. The first-order valence-electron chi connectivity index (χ1n) is 8.53. The van der Waals surface area contributed by atoms with Gasteiger partial charge in [0, 0.05) is 25.3 Å². The zero-order valence-corrected chi connectivity index (χ0v) is 14.2. The number of nitro benzene ring substituents is 1. The van der Waals surface area contributed by atoms with E-state index in [4.69, 9.17) is 4.74 Å². The maximum atomic E-state index is 11.6. The van der Waals surface area contributed by atoms with Gasteiger partial charge in [-0.25, -0.2) is 4.79 Å². The topological polar surface area (TPSA) is 81.9 Å². The lowest BCUT2D eigenvalue weighted by atomic mass is 10.1. The van der Waals surface area contributed by atoms with Crippen LogP contribution in [0.3, 0.4) is 0 Å². The Hall–Kier alpha value is -2.41. The fraction of sp³-hybridized carbons (Fsp3) is 0.500. The van der Waals surface area contributed by atoms with E-state index in [1.54, 1.807) is 12.1 Å². The van der Waals surface area contributed by atoms with Crippen LogP contribution in [-0.4, -0.2) is 43.3 Å². The second-order valence-electron chi connectivity index (χ2n) is 6.32. The largest absolute Gasteiger partial charge is 0.466 e. The highest BCUT2D eigenvalue weighted by molar-refractivity contribution is 5.87. The Bertz CT molecular complexity index is 688. The zero-order chi connectivity index (χ0) is 17.8. The first kappa shape index (κ1) is 17.4. The molecule has 7 heteroatoms. The lowest BCUT2D eigenvalue weighted by molar-refractivity contribution is -0.384. The summed E-state index contributed by atoms with van der Waals surface area (Å²) in [5.74, 6) is -0.495. The third-order valence-electron chi connectivity index (χ3n) is 4.81. The number of methoxy groups -OCH3 is 1. The highest BCUT2D eigenvalue weighted by Gasteiger charge is 2.37. The van der Waals surface area contributed by atoms with Crippen molar-refractivity contribution < 1.29 is 19.2 Å². The molecule has 0 N–H and O–H groups in total. The van der Waals surface area contributed by atoms with Gasteiger partial charge >= 0.3 is 5.97 Å². The molecule has 3 rings (SSSR count). The SMILES string of the molecule is COC(=O)C=Cc1ccc(N2CCCOC3CCCC32)c([N+](=O)[O-])c1. The predicted octanol–water partition coefficient (Wildman–Crippen LogP) is 2.93. The van der Waals surface area contributed by atoms with Crippen molar-refractivity contribution in [3.63, 3.8) is 0 Å². The molecule has 7 nitrogen and oxygen atoms in total. The number of carbonyl (C=O) groups excluding carboxylic acids is 1. The summed E-state index contributed by atoms with van der Waals surface area (Å²) >= 11 is 0. The minimum atomic E-state index is -0.495. The maximum Gasteiger partial charge on any atom is 0.330 e. The van der Waals surface area contributed by atoms with Crippen molar-refractivity contribution in [3.05, 3.63) is 40.0 Å². The lowest BCUT2D eigenvalue weighted by Gasteiger charge is -2.31. The van der Waals surface area contributed by atoms with Gasteiger partial charge in [-0.2, -0.15) is 0 Å². The highest BCUT2D eigenvalue weighted by Crippen LogP contribution is 2.37. The molecule has 2 unspecified atom stereocenters. The second-order valence-corrected chi connectivity index (χ2v) is 6.32. The molecule has 1 aromatic carbocycles. The minimum absolute atomic E-state index is 0.0552. The van der Waals surface area contributed by atoms with Crippen molar-refractivity contribution in [2.24, 2.45) is 0 Å². The van der Waals surface area contributed by atoms with Gasteiger partial charge in [-0.05, 0) is 43.4 Å². The van der Waals surface area contributed by atoms with Gasteiger partial charge in [0.05, 0.1) is 24.2 Å². The van der Waals surface area contributed by atoms with Crippen molar-refractivity contribution in [3.8, 4) is 0 Å². The molecule has 0 radical (unpaired) electrons. The Morgan fingerprint density at radius 1 is 1.40 bits per heavy atom. The molecule has 2 aliphatic rings.